The quantitative estimate of drug-likeness (QED) is 0.623. The molecule has 19 heavy (non-hydrogen) atoms. The minimum atomic E-state index is -0.544. The summed E-state index contributed by atoms with van der Waals surface area (Å²) in [6.07, 6.45) is 2.31. The second-order valence-corrected chi connectivity index (χ2v) is 3.85. The molecular formula is C12H12N4O3. The summed E-state index contributed by atoms with van der Waals surface area (Å²) in [4.78, 5) is 17.6. The van der Waals surface area contributed by atoms with Crippen molar-refractivity contribution < 1.29 is 10.0 Å². The molecule has 98 valence electrons. The molecule has 0 unspecified atom stereocenters. The van der Waals surface area contributed by atoms with Crippen LogP contribution in [0.1, 0.15) is 11.1 Å². The van der Waals surface area contributed by atoms with Gasteiger partial charge in [-0.2, -0.15) is 0 Å². The Labute approximate surface area is 109 Å². The van der Waals surface area contributed by atoms with E-state index in [4.69, 9.17) is 5.11 Å². The first-order valence-electron chi connectivity index (χ1n) is 5.58. The first kappa shape index (κ1) is 12.9. The summed E-state index contributed by atoms with van der Waals surface area (Å²) in [6.45, 7) is 0.517. The van der Waals surface area contributed by atoms with E-state index in [1.807, 2.05) is 24.3 Å². The topological polar surface area (TPSA) is 101 Å². The minimum Gasteiger partial charge on any atom is -0.392 e. The van der Waals surface area contributed by atoms with Crippen molar-refractivity contribution in [3.05, 3.63) is 57.9 Å². The number of anilines is 1. The van der Waals surface area contributed by atoms with Crippen molar-refractivity contribution in [1.29, 1.82) is 0 Å². The molecule has 0 amide bonds. The summed E-state index contributed by atoms with van der Waals surface area (Å²) in [5.74, 6) is 0.330. The zero-order valence-electron chi connectivity index (χ0n) is 9.98. The fourth-order valence-electron chi connectivity index (χ4n) is 1.45. The van der Waals surface area contributed by atoms with Crippen molar-refractivity contribution in [2.45, 2.75) is 13.2 Å². The maximum atomic E-state index is 10.4. The summed E-state index contributed by atoms with van der Waals surface area (Å²) in [7, 11) is 0. The molecule has 0 saturated heterocycles. The maximum Gasteiger partial charge on any atom is 0.305 e. The lowest BCUT2D eigenvalue weighted by molar-refractivity contribution is -0.385. The number of hydrogen-bond acceptors (Lipinski definition) is 6. The molecule has 2 rings (SSSR count). The lowest BCUT2D eigenvalue weighted by atomic mass is 10.1. The van der Waals surface area contributed by atoms with Crippen molar-refractivity contribution in [1.82, 2.24) is 9.97 Å². The van der Waals surface area contributed by atoms with Crippen LogP contribution in [-0.2, 0) is 13.2 Å². The highest BCUT2D eigenvalue weighted by atomic mass is 16.6. The van der Waals surface area contributed by atoms with E-state index in [0.29, 0.717) is 12.5 Å². The van der Waals surface area contributed by atoms with E-state index in [9.17, 15) is 10.1 Å². The zero-order valence-corrected chi connectivity index (χ0v) is 9.98. The van der Waals surface area contributed by atoms with Crippen molar-refractivity contribution in [2.24, 2.45) is 0 Å². The van der Waals surface area contributed by atoms with Crippen LogP contribution < -0.4 is 5.32 Å². The van der Waals surface area contributed by atoms with Crippen LogP contribution in [0.5, 0.6) is 0 Å². The van der Waals surface area contributed by atoms with E-state index in [-0.39, 0.29) is 12.3 Å². The van der Waals surface area contributed by atoms with E-state index in [2.05, 4.69) is 15.3 Å². The Balaban J connectivity index is 1.95. The number of nitrogens with one attached hydrogen (secondary N) is 1. The molecule has 0 aliphatic rings. The summed E-state index contributed by atoms with van der Waals surface area (Å²) in [5, 5.41) is 22.3. The SMILES string of the molecule is O=[N+]([O-])c1cnc(NCc2ccc(CO)cc2)nc1. The first-order valence-corrected chi connectivity index (χ1v) is 5.58. The number of aliphatic hydroxyl groups is 1. The minimum absolute atomic E-state index is 0.0131. The molecule has 1 aromatic carbocycles. The number of nitro groups is 1. The summed E-state index contributed by atoms with van der Waals surface area (Å²) < 4.78 is 0. The molecular weight excluding hydrogens is 248 g/mol. The summed E-state index contributed by atoms with van der Waals surface area (Å²) in [5.41, 5.74) is 1.70. The van der Waals surface area contributed by atoms with Gasteiger partial charge in [-0.05, 0) is 11.1 Å². The van der Waals surface area contributed by atoms with Gasteiger partial charge in [0.05, 0.1) is 11.5 Å². The molecule has 1 aromatic heterocycles. The zero-order chi connectivity index (χ0) is 13.7. The van der Waals surface area contributed by atoms with E-state index < -0.39 is 4.92 Å². The van der Waals surface area contributed by atoms with Gasteiger partial charge in [-0.25, -0.2) is 9.97 Å². The second-order valence-electron chi connectivity index (χ2n) is 3.85. The molecule has 0 aliphatic carbocycles. The summed E-state index contributed by atoms with van der Waals surface area (Å²) in [6, 6.07) is 7.41. The Morgan fingerprint density at radius 2 is 1.74 bits per heavy atom. The summed E-state index contributed by atoms with van der Waals surface area (Å²) >= 11 is 0. The Morgan fingerprint density at radius 3 is 2.26 bits per heavy atom. The van der Waals surface area contributed by atoms with Gasteiger partial charge >= 0.3 is 5.69 Å². The molecule has 0 fully saturated rings. The fourth-order valence-corrected chi connectivity index (χ4v) is 1.45. The monoisotopic (exact) mass is 260 g/mol. The third-order valence-corrected chi connectivity index (χ3v) is 2.51. The van der Waals surface area contributed by atoms with Gasteiger partial charge in [-0.3, -0.25) is 10.1 Å². The number of nitrogens with zero attached hydrogens (tertiary/aromatic N) is 3. The highest BCUT2D eigenvalue weighted by Crippen LogP contribution is 2.10. The lowest BCUT2D eigenvalue weighted by Crippen LogP contribution is -2.04. The third kappa shape index (κ3) is 3.46. The Morgan fingerprint density at radius 1 is 1.16 bits per heavy atom. The lowest BCUT2D eigenvalue weighted by Gasteiger charge is -2.05. The van der Waals surface area contributed by atoms with Crippen molar-refractivity contribution in [2.75, 3.05) is 5.32 Å². The molecule has 0 saturated carbocycles. The second kappa shape index (κ2) is 5.87. The van der Waals surface area contributed by atoms with Gasteiger partial charge in [0.25, 0.3) is 0 Å². The molecule has 7 heteroatoms. The van der Waals surface area contributed by atoms with E-state index >= 15 is 0 Å². The van der Waals surface area contributed by atoms with Crippen LogP contribution in [0.15, 0.2) is 36.7 Å². The van der Waals surface area contributed by atoms with Gasteiger partial charge < -0.3 is 10.4 Å². The molecule has 0 aliphatic heterocycles. The van der Waals surface area contributed by atoms with Crippen molar-refractivity contribution in [3.63, 3.8) is 0 Å². The molecule has 7 nitrogen and oxygen atoms in total. The van der Waals surface area contributed by atoms with E-state index in [0.717, 1.165) is 23.5 Å². The standard InChI is InChI=1S/C12H12N4O3/c17-8-10-3-1-9(2-4-10)5-13-12-14-6-11(7-15-12)16(18)19/h1-4,6-7,17H,5,8H2,(H,13,14,15). The normalized spacial score (nSPS) is 10.2. The van der Waals surface area contributed by atoms with Gasteiger partial charge in [0, 0.05) is 6.54 Å². The van der Waals surface area contributed by atoms with Crippen LogP contribution in [0.25, 0.3) is 0 Å². The molecule has 0 atom stereocenters. The van der Waals surface area contributed by atoms with Crippen molar-refractivity contribution >= 4 is 11.6 Å². The smallest absolute Gasteiger partial charge is 0.305 e. The van der Waals surface area contributed by atoms with Crippen LogP contribution in [0.4, 0.5) is 11.6 Å². The van der Waals surface area contributed by atoms with Crippen LogP contribution in [0.2, 0.25) is 0 Å². The predicted octanol–water partition coefficient (Wildman–Crippen LogP) is 1.49. The van der Waals surface area contributed by atoms with Crippen LogP contribution in [-0.4, -0.2) is 20.0 Å². The van der Waals surface area contributed by atoms with Gasteiger partial charge in [-0.1, -0.05) is 24.3 Å². The van der Waals surface area contributed by atoms with Gasteiger partial charge in [0.2, 0.25) is 5.95 Å². The van der Waals surface area contributed by atoms with Gasteiger partial charge in [0.1, 0.15) is 12.4 Å². The molecule has 0 bridgehead atoms. The molecule has 0 radical (unpaired) electrons. The Hall–Kier alpha value is -2.54. The number of aliphatic hydroxyl groups excluding tert-OH is 1. The van der Waals surface area contributed by atoms with Crippen molar-refractivity contribution in [3.8, 4) is 0 Å². The van der Waals surface area contributed by atoms with Gasteiger partial charge in [0.15, 0.2) is 0 Å². The fraction of sp³-hybridized carbons (Fsp3) is 0.167. The van der Waals surface area contributed by atoms with Crippen LogP contribution in [0.3, 0.4) is 0 Å². The van der Waals surface area contributed by atoms with Gasteiger partial charge in [-0.15, -0.1) is 0 Å². The van der Waals surface area contributed by atoms with E-state index in [1.165, 1.54) is 0 Å². The number of aromatic nitrogens is 2. The average molecular weight is 260 g/mol. The molecule has 0 spiro atoms. The Kier molecular flexibility index (Phi) is 3.99. The first-order chi connectivity index (χ1) is 9.19. The van der Waals surface area contributed by atoms with Crippen LogP contribution in [0, 0.1) is 10.1 Å². The third-order valence-electron chi connectivity index (χ3n) is 2.51. The maximum absolute atomic E-state index is 10.4. The predicted molar refractivity (Wildman–Crippen MR) is 68.4 cm³/mol. The number of hydrogen-bond donors (Lipinski definition) is 2. The molecule has 1 heterocycles. The largest absolute Gasteiger partial charge is 0.392 e. The highest BCUT2D eigenvalue weighted by Gasteiger charge is 2.06. The molecule has 2 aromatic rings. The molecule has 2 N–H and O–H groups in total. The average Bonchev–Trinajstić information content (AvgIpc) is 2.46. The Bertz CT molecular complexity index is 554. The van der Waals surface area contributed by atoms with E-state index in [1.54, 1.807) is 0 Å². The van der Waals surface area contributed by atoms with Crippen LogP contribution >= 0.6 is 0 Å². The number of benzene rings is 1. The number of rotatable bonds is 5. The highest BCUT2D eigenvalue weighted by molar-refractivity contribution is 5.32.